The lowest BCUT2D eigenvalue weighted by Gasteiger charge is -2.23. The Bertz CT molecular complexity index is 983. The van der Waals surface area contributed by atoms with Gasteiger partial charge in [0.05, 0.1) is 13.2 Å². The molecule has 0 aromatic heterocycles. The van der Waals surface area contributed by atoms with E-state index < -0.39 is 0 Å². The summed E-state index contributed by atoms with van der Waals surface area (Å²) in [7, 11) is 5.71. The van der Waals surface area contributed by atoms with E-state index in [1.807, 2.05) is 80.8 Å². The lowest BCUT2D eigenvalue weighted by atomic mass is 9.98. The Morgan fingerprint density at radius 3 is 2.40 bits per heavy atom. The van der Waals surface area contributed by atoms with Crippen molar-refractivity contribution in [1.82, 2.24) is 10.2 Å². The number of benzene rings is 3. The van der Waals surface area contributed by atoms with Gasteiger partial charge < -0.3 is 15.0 Å². The zero-order valence-electron chi connectivity index (χ0n) is 18.2. The van der Waals surface area contributed by atoms with Crippen molar-refractivity contribution in [2.45, 2.75) is 19.4 Å². The maximum atomic E-state index is 13.1. The van der Waals surface area contributed by atoms with Crippen LogP contribution >= 0.6 is 0 Å². The highest BCUT2D eigenvalue weighted by atomic mass is 16.5. The van der Waals surface area contributed by atoms with E-state index in [0.717, 1.165) is 41.0 Å². The maximum absolute atomic E-state index is 13.1. The van der Waals surface area contributed by atoms with Crippen LogP contribution in [-0.2, 0) is 6.42 Å². The van der Waals surface area contributed by atoms with E-state index in [2.05, 4.69) is 23.2 Å². The van der Waals surface area contributed by atoms with E-state index in [1.54, 1.807) is 7.11 Å². The Balaban J connectivity index is 1.89. The number of rotatable bonds is 8. The first kappa shape index (κ1) is 21.6. The number of methoxy groups -OCH3 is 1. The number of amides is 1. The van der Waals surface area contributed by atoms with Gasteiger partial charge in [-0.05, 0) is 49.3 Å². The van der Waals surface area contributed by atoms with E-state index in [0.29, 0.717) is 5.56 Å². The van der Waals surface area contributed by atoms with Crippen LogP contribution in [0.1, 0.15) is 34.5 Å². The van der Waals surface area contributed by atoms with Crippen molar-refractivity contribution in [2.24, 2.45) is 0 Å². The molecule has 30 heavy (non-hydrogen) atoms. The molecule has 0 saturated carbocycles. The molecule has 0 aliphatic carbocycles. The number of hydrogen-bond acceptors (Lipinski definition) is 3. The van der Waals surface area contributed by atoms with E-state index in [4.69, 9.17) is 4.74 Å². The SMILES string of the molecule is CCc1cccc(-c2cccc(C(=O)N[C@H](CN(C)C)c3ccccc3)c2)c1OC. The van der Waals surface area contributed by atoms with Crippen molar-refractivity contribution < 1.29 is 9.53 Å². The fourth-order valence-corrected chi connectivity index (χ4v) is 3.69. The number of carbonyl (C=O) groups excluding carboxylic acids is 1. The van der Waals surface area contributed by atoms with Crippen LogP contribution in [0, 0.1) is 0 Å². The molecular formula is C26H30N2O2. The summed E-state index contributed by atoms with van der Waals surface area (Å²) < 4.78 is 5.68. The summed E-state index contributed by atoms with van der Waals surface area (Å²) in [6.45, 7) is 2.84. The molecule has 156 valence electrons. The number of para-hydroxylation sites is 1. The molecule has 4 heteroatoms. The van der Waals surface area contributed by atoms with Crippen LogP contribution in [-0.4, -0.2) is 38.6 Å². The Kier molecular flexibility index (Phi) is 7.26. The lowest BCUT2D eigenvalue weighted by Crippen LogP contribution is -2.35. The largest absolute Gasteiger partial charge is 0.496 e. The van der Waals surface area contributed by atoms with Gasteiger partial charge in [-0.15, -0.1) is 0 Å². The zero-order valence-corrected chi connectivity index (χ0v) is 18.2. The Morgan fingerprint density at radius 1 is 1.00 bits per heavy atom. The lowest BCUT2D eigenvalue weighted by molar-refractivity contribution is 0.0930. The minimum Gasteiger partial charge on any atom is -0.496 e. The number of nitrogens with one attached hydrogen (secondary N) is 1. The van der Waals surface area contributed by atoms with E-state index in [1.165, 1.54) is 0 Å². The van der Waals surface area contributed by atoms with Gasteiger partial charge in [-0.1, -0.05) is 67.6 Å². The Hall–Kier alpha value is -3.11. The Labute approximate surface area is 179 Å². The molecule has 0 aliphatic rings. The molecule has 0 fully saturated rings. The summed E-state index contributed by atoms with van der Waals surface area (Å²) in [5, 5.41) is 3.20. The van der Waals surface area contributed by atoms with Crippen LogP contribution in [0.3, 0.4) is 0 Å². The minimum absolute atomic E-state index is 0.0850. The zero-order chi connectivity index (χ0) is 21.5. The molecule has 1 atom stereocenters. The summed E-state index contributed by atoms with van der Waals surface area (Å²) in [5.41, 5.74) is 4.85. The van der Waals surface area contributed by atoms with E-state index in [-0.39, 0.29) is 11.9 Å². The predicted octanol–water partition coefficient (Wildman–Crippen LogP) is 4.96. The summed E-state index contributed by atoms with van der Waals surface area (Å²) in [6, 6.07) is 23.9. The van der Waals surface area contributed by atoms with Crippen molar-refractivity contribution in [3.63, 3.8) is 0 Å². The highest BCUT2D eigenvalue weighted by molar-refractivity contribution is 5.96. The summed E-state index contributed by atoms with van der Waals surface area (Å²) in [6.07, 6.45) is 0.889. The average Bonchev–Trinajstić information content (AvgIpc) is 2.78. The monoisotopic (exact) mass is 402 g/mol. The second-order valence-corrected chi connectivity index (χ2v) is 7.63. The summed E-state index contributed by atoms with van der Waals surface area (Å²) in [4.78, 5) is 15.2. The molecule has 0 radical (unpaired) electrons. The van der Waals surface area contributed by atoms with Crippen molar-refractivity contribution in [2.75, 3.05) is 27.7 Å². The van der Waals surface area contributed by atoms with E-state index >= 15 is 0 Å². The first-order valence-electron chi connectivity index (χ1n) is 10.3. The van der Waals surface area contributed by atoms with Crippen molar-refractivity contribution in [3.8, 4) is 16.9 Å². The third-order valence-corrected chi connectivity index (χ3v) is 5.17. The molecular weight excluding hydrogens is 372 g/mol. The third-order valence-electron chi connectivity index (χ3n) is 5.17. The molecule has 0 unspecified atom stereocenters. The molecule has 1 amide bonds. The minimum atomic E-state index is -0.0877. The van der Waals surface area contributed by atoms with Gasteiger partial charge in [0.1, 0.15) is 5.75 Å². The number of aryl methyl sites for hydroxylation is 1. The van der Waals surface area contributed by atoms with Crippen LogP contribution in [0.5, 0.6) is 5.75 Å². The summed E-state index contributed by atoms with van der Waals surface area (Å²) >= 11 is 0. The van der Waals surface area contributed by atoms with Gasteiger partial charge in [-0.2, -0.15) is 0 Å². The fraction of sp³-hybridized carbons (Fsp3) is 0.269. The molecule has 3 rings (SSSR count). The maximum Gasteiger partial charge on any atom is 0.251 e. The second-order valence-electron chi connectivity index (χ2n) is 7.63. The smallest absolute Gasteiger partial charge is 0.251 e. The average molecular weight is 403 g/mol. The molecule has 3 aromatic rings. The molecule has 0 spiro atoms. The van der Waals surface area contributed by atoms with Gasteiger partial charge in [-0.3, -0.25) is 4.79 Å². The van der Waals surface area contributed by atoms with E-state index in [9.17, 15) is 4.79 Å². The normalized spacial score (nSPS) is 11.9. The van der Waals surface area contributed by atoms with Crippen LogP contribution < -0.4 is 10.1 Å². The molecule has 1 N–H and O–H groups in total. The number of ether oxygens (including phenoxy) is 1. The number of likely N-dealkylation sites (N-methyl/N-ethyl adjacent to an activating group) is 1. The van der Waals surface area contributed by atoms with Gasteiger partial charge in [0.15, 0.2) is 0 Å². The molecule has 0 bridgehead atoms. The van der Waals surface area contributed by atoms with Gasteiger partial charge in [0.2, 0.25) is 0 Å². The number of hydrogen-bond donors (Lipinski definition) is 1. The third kappa shape index (κ3) is 5.08. The second kappa shape index (κ2) is 10.1. The van der Waals surface area contributed by atoms with Gasteiger partial charge in [0, 0.05) is 17.7 Å². The first-order valence-corrected chi connectivity index (χ1v) is 10.3. The topological polar surface area (TPSA) is 41.6 Å². The molecule has 0 aliphatic heterocycles. The molecule has 0 saturated heterocycles. The number of carbonyl (C=O) groups is 1. The fourth-order valence-electron chi connectivity index (χ4n) is 3.69. The Morgan fingerprint density at radius 2 is 1.73 bits per heavy atom. The first-order chi connectivity index (χ1) is 14.5. The van der Waals surface area contributed by atoms with Gasteiger partial charge in [-0.25, -0.2) is 0 Å². The number of nitrogens with zero attached hydrogens (tertiary/aromatic N) is 1. The highest BCUT2D eigenvalue weighted by Gasteiger charge is 2.18. The van der Waals surface area contributed by atoms with Crippen LogP contribution in [0.2, 0.25) is 0 Å². The molecule has 3 aromatic carbocycles. The molecule has 0 heterocycles. The van der Waals surface area contributed by atoms with Crippen LogP contribution in [0.25, 0.3) is 11.1 Å². The highest BCUT2D eigenvalue weighted by Crippen LogP contribution is 2.33. The van der Waals surface area contributed by atoms with Crippen molar-refractivity contribution >= 4 is 5.91 Å². The summed E-state index contributed by atoms with van der Waals surface area (Å²) in [5.74, 6) is 0.783. The van der Waals surface area contributed by atoms with Crippen LogP contribution in [0.15, 0.2) is 72.8 Å². The van der Waals surface area contributed by atoms with Crippen molar-refractivity contribution in [1.29, 1.82) is 0 Å². The van der Waals surface area contributed by atoms with Crippen molar-refractivity contribution in [3.05, 3.63) is 89.5 Å². The van der Waals surface area contributed by atoms with Gasteiger partial charge in [0.25, 0.3) is 5.91 Å². The predicted molar refractivity (Wildman–Crippen MR) is 123 cm³/mol. The van der Waals surface area contributed by atoms with Crippen LogP contribution in [0.4, 0.5) is 0 Å². The quantitative estimate of drug-likeness (QED) is 0.579. The standard InChI is InChI=1S/C26H30N2O2/c1-5-19-13-10-16-23(25(19)30-4)21-14-9-15-22(17-21)26(29)27-24(18-28(2)3)20-11-7-6-8-12-20/h6-17,24H,5,18H2,1-4H3,(H,27,29)/t24-/m1/s1. The van der Waals surface area contributed by atoms with Gasteiger partial charge >= 0.3 is 0 Å². The molecule has 4 nitrogen and oxygen atoms in total.